The third-order valence-corrected chi connectivity index (χ3v) is 4.58. The summed E-state index contributed by atoms with van der Waals surface area (Å²) >= 11 is 2.04. The molecule has 2 aliphatic rings. The number of nitrogens with zero attached hydrogens (tertiary/aromatic N) is 1. The highest BCUT2D eigenvalue weighted by molar-refractivity contribution is 7.99. The molecule has 0 aromatic carbocycles. The Morgan fingerprint density at radius 3 is 2.53 bits per heavy atom. The fourth-order valence-corrected chi connectivity index (χ4v) is 3.69. The molecular weight excluding hydrogens is 260 g/mol. The third kappa shape index (κ3) is 4.88. The quantitative estimate of drug-likeness (QED) is 0.847. The number of ether oxygens (including phenoxy) is 1. The van der Waals surface area contributed by atoms with Gasteiger partial charge in [0.2, 0.25) is 0 Å². The molecule has 0 saturated carbocycles. The van der Waals surface area contributed by atoms with E-state index in [1.807, 2.05) is 37.4 Å². The van der Waals surface area contributed by atoms with Crippen LogP contribution in [0.3, 0.4) is 0 Å². The zero-order valence-corrected chi connectivity index (χ0v) is 13.1. The first kappa shape index (κ1) is 15.0. The number of carbonyl (C=O) groups is 1. The third-order valence-electron chi connectivity index (χ3n) is 3.53. The van der Waals surface area contributed by atoms with Crippen LogP contribution in [0.25, 0.3) is 0 Å². The number of carbonyl (C=O) groups excluding carboxylic acids is 1. The Morgan fingerprint density at radius 2 is 1.89 bits per heavy atom. The normalized spacial score (nSPS) is 25.6. The van der Waals surface area contributed by atoms with E-state index in [1.54, 1.807) is 0 Å². The number of rotatable bonds is 2. The van der Waals surface area contributed by atoms with Crippen LogP contribution in [-0.2, 0) is 4.74 Å². The van der Waals surface area contributed by atoms with Crippen LogP contribution in [0.15, 0.2) is 0 Å². The number of nitrogens with one attached hydrogen (secondary N) is 1. The van der Waals surface area contributed by atoms with Crippen LogP contribution in [0.2, 0.25) is 0 Å². The molecule has 0 aromatic rings. The monoisotopic (exact) mass is 286 g/mol. The molecule has 1 unspecified atom stereocenters. The SMILES string of the molecule is CC(C)(C)OC(=O)N1CCC(NC2CCSCC2)C1. The van der Waals surface area contributed by atoms with E-state index in [0.717, 1.165) is 19.5 Å². The lowest BCUT2D eigenvalue weighted by molar-refractivity contribution is 0.0290. The zero-order chi connectivity index (χ0) is 13.9. The minimum atomic E-state index is -0.400. The Labute approximate surface area is 120 Å². The second-order valence-electron chi connectivity index (χ2n) is 6.47. The first-order valence-corrected chi connectivity index (χ1v) is 8.41. The van der Waals surface area contributed by atoms with Crippen molar-refractivity contribution >= 4 is 17.9 Å². The molecule has 0 radical (unpaired) electrons. The van der Waals surface area contributed by atoms with Crippen molar-refractivity contribution in [1.82, 2.24) is 10.2 Å². The summed E-state index contributed by atoms with van der Waals surface area (Å²) in [6.07, 6.45) is 3.39. The number of thioether (sulfide) groups is 1. The summed E-state index contributed by atoms with van der Waals surface area (Å²) in [7, 11) is 0. The molecule has 2 aliphatic heterocycles. The van der Waals surface area contributed by atoms with Gasteiger partial charge >= 0.3 is 6.09 Å². The standard InChI is InChI=1S/C14H26N2O2S/c1-14(2,3)18-13(17)16-7-4-12(10-16)15-11-5-8-19-9-6-11/h11-12,15H,4-10H2,1-3H3. The maximum absolute atomic E-state index is 12.0. The number of amides is 1. The lowest BCUT2D eigenvalue weighted by Gasteiger charge is -2.27. The van der Waals surface area contributed by atoms with Crippen LogP contribution in [0.4, 0.5) is 4.79 Å². The van der Waals surface area contributed by atoms with Crippen LogP contribution < -0.4 is 5.32 Å². The minimum absolute atomic E-state index is 0.170. The van der Waals surface area contributed by atoms with Crippen molar-refractivity contribution in [3.05, 3.63) is 0 Å². The number of hydrogen-bond acceptors (Lipinski definition) is 4. The van der Waals surface area contributed by atoms with Gasteiger partial charge in [0.1, 0.15) is 5.60 Å². The summed E-state index contributed by atoms with van der Waals surface area (Å²) in [6.45, 7) is 7.34. The molecule has 0 aliphatic carbocycles. The number of likely N-dealkylation sites (tertiary alicyclic amines) is 1. The van der Waals surface area contributed by atoms with E-state index in [9.17, 15) is 4.79 Å². The summed E-state index contributed by atoms with van der Waals surface area (Å²) < 4.78 is 5.42. The van der Waals surface area contributed by atoms with E-state index in [1.165, 1.54) is 24.3 Å². The summed E-state index contributed by atoms with van der Waals surface area (Å²) in [5.41, 5.74) is -0.400. The highest BCUT2D eigenvalue weighted by Crippen LogP contribution is 2.20. The molecule has 5 heteroatoms. The van der Waals surface area contributed by atoms with Crippen LogP contribution in [0.5, 0.6) is 0 Å². The average molecular weight is 286 g/mol. The van der Waals surface area contributed by atoms with E-state index in [2.05, 4.69) is 5.32 Å². The maximum Gasteiger partial charge on any atom is 0.410 e. The summed E-state index contributed by atoms with van der Waals surface area (Å²) in [5, 5.41) is 3.70. The Hall–Kier alpha value is -0.420. The van der Waals surface area contributed by atoms with E-state index in [-0.39, 0.29) is 6.09 Å². The molecule has 1 atom stereocenters. The van der Waals surface area contributed by atoms with E-state index >= 15 is 0 Å². The van der Waals surface area contributed by atoms with Gasteiger partial charge in [0.25, 0.3) is 0 Å². The summed E-state index contributed by atoms with van der Waals surface area (Å²) in [5.74, 6) is 2.53. The molecule has 1 N–H and O–H groups in total. The van der Waals surface area contributed by atoms with Gasteiger partial charge in [-0.3, -0.25) is 0 Å². The van der Waals surface area contributed by atoms with Crippen molar-refractivity contribution in [2.24, 2.45) is 0 Å². The van der Waals surface area contributed by atoms with Crippen LogP contribution >= 0.6 is 11.8 Å². The first-order chi connectivity index (χ1) is 8.94. The Balaban J connectivity index is 1.74. The van der Waals surface area contributed by atoms with Gasteiger partial charge in [-0.05, 0) is 51.5 Å². The van der Waals surface area contributed by atoms with Crippen molar-refractivity contribution in [3.8, 4) is 0 Å². The van der Waals surface area contributed by atoms with Crippen LogP contribution in [0, 0.1) is 0 Å². The molecule has 0 bridgehead atoms. The highest BCUT2D eigenvalue weighted by atomic mass is 32.2. The lowest BCUT2D eigenvalue weighted by Crippen LogP contribution is -2.43. The van der Waals surface area contributed by atoms with E-state index in [4.69, 9.17) is 4.74 Å². The molecule has 19 heavy (non-hydrogen) atoms. The number of hydrogen-bond donors (Lipinski definition) is 1. The van der Waals surface area contributed by atoms with Crippen LogP contribution in [0.1, 0.15) is 40.0 Å². The topological polar surface area (TPSA) is 41.6 Å². The highest BCUT2D eigenvalue weighted by Gasteiger charge is 2.30. The molecule has 2 rings (SSSR count). The molecule has 4 nitrogen and oxygen atoms in total. The van der Waals surface area contributed by atoms with Gasteiger partial charge < -0.3 is 15.0 Å². The predicted octanol–water partition coefficient (Wildman–Crippen LogP) is 2.48. The van der Waals surface area contributed by atoms with Gasteiger partial charge in [-0.25, -0.2) is 4.79 Å². The zero-order valence-electron chi connectivity index (χ0n) is 12.3. The molecular formula is C14H26N2O2S. The molecule has 2 heterocycles. The Bertz CT molecular complexity index is 311. The smallest absolute Gasteiger partial charge is 0.410 e. The van der Waals surface area contributed by atoms with Crippen molar-refractivity contribution in [2.45, 2.75) is 57.7 Å². The Morgan fingerprint density at radius 1 is 1.21 bits per heavy atom. The molecule has 2 saturated heterocycles. The van der Waals surface area contributed by atoms with Gasteiger partial charge in [-0.15, -0.1) is 0 Å². The largest absolute Gasteiger partial charge is 0.444 e. The molecule has 2 fully saturated rings. The van der Waals surface area contributed by atoms with Crippen molar-refractivity contribution in [1.29, 1.82) is 0 Å². The molecule has 0 aromatic heterocycles. The fourth-order valence-electron chi connectivity index (χ4n) is 2.59. The Kier molecular flexibility index (Phi) is 5.01. The predicted molar refractivity (Wildman–Crippen MR) is 79.7 cm³/mol. The second-order valence-corrected chi connectivity index (χ2v) is 7.69. The van der Waals surface area contributed by atoms with Gasteiger partial charge in [0.05, 0.1) is 0 Å². The van der Waals surface area contributed by atoms with Crippen molar-refractivity contribution in [2.75, 3.05) is 24.6 Å². The lowest BCUT2D eigenvalue weighted by atomic mass is 10.1. The van der Waals surface area contributed by atoms with E-state index < -0.39 is 5.60 Å². The van der Waals surface area contributed by atoms with Crippen molar-refractivity contribution < 1.29 is 9.53 Å². The molecule has 110 valence electrons. The van der Waals surface area contributed by atoms with Gasteiger partial charge in [0, 0.05) is 25.2 Å². The first-order valence-electron chi connectivity index (χ1n) is 7.26. The summed E-state index contributed by atoms with van der Waals surface area (Å²) in [4.78, 5) is 13.8. The second kappa shape index (κ2) is 6.35. The average Bonchev–Trinajstić information content (AvgIpc) is 2.77. The van der Waals surface area contributed by atoms with Gasteiger partial charge in [-0.2, -0.15) is 11.8 Å². The molecule has 0 spiro atoms. The minimum Gasteiger partial charge on any atom is -0.444 e. The maximum atomic E-state index is 12.0. The fraction of sp³-hybridized carbons (Fsp3) is 0.929. The van der Waals surface area contributed by atoms with Crippen LogP contribution in [-0.4, -0.2) is 53.3 Å². The summed E-state index contributed by atoms with van der Waals surface area (Å²) in [6, 6.07) is 1.09. The van der Waals surface area contributed by atoms with Crippen molar-refractivity contribution in [3.63, 3.8) is 0 Å². The van der Waals surface area contributed by atoms with Gasteiger partial charge in [0.15, 0.2) is 0 Å². The van der Waals surface area contributed by atoms with E-state index in [0.29, 0.717) is 12.1 Å². The molecule has 1 amide bonds. The van der Waals surface area contributed by atoms with Gasteiger partial charge in [-0.1, -0.05) is 0 Å².